The summed E-state index contributed by atoms with van der Waals surface area (Å²) in [5.41, 5.74) is 2.89. The minimum absolute atomic E-state index is 0.103. The van der Waals surface area contributed by atoms with Crippen LogP contribution in [0.4, 0.5) is 11.4 Å². The van der Waals surface area contributed by atoms with Crippen molar-refractivity contribution in [3.63, 3.8) is 0 Å². The van der Waals surface area contributed by atoms with E-state index in [4.69, 9.17) is 4.74 Å². The van der Waals surface area contributed by atoms with Gasteiger partial charge in [-0.25, -0.2) is 4.79 Å². The van der Waals surface area contributed by atoms with E-state index in [1.807, 2.05) is 24.3 Å². The number of thioether (sulfide) groups is 1. The number of nitrogens with zero attached hydrogens (tertiary/aromatic N) is 1. The van der Waals surface area contributed by atoms with Crippen LogP contribution in [0.25, 0.3) is 0 Å². The molecule has 7 heteroatoms. The van der Waals surface area contributed by atoms with Gasteiger partial charge in [-0.2, -0.15) is 0 Å². The summed E-state index contributed by atoms with van der Waals surface area (Å²) < 4.78 is 5.39. The molecule has 0 fully saturated rings. The van der Waals surface area contributed by atoms with E-state index < -0.39 is 12.1 Å². The SMILES string of the molecule is C[C@@H](OC(=O)c1ccc2c(c1)NC(=O)CS2)C(=O)N1CCc2ccccc21. The summed E-state index contributed by atoms with van der Waals surface area (Å²) in [4.78, 5) is 39.3. The van der Waals surface area contributed by atoms with Crippen LogP contribution in [0.2, 0.25) is 0 Å². The van der Waals surface area contributed by atoms with Gasteiger partial charge >= 0.3 is 5.97 Å². The highest BCUT2D eigenvalue weighted by Gasteiger charge is 2.30. The molecular formula is C20H18N2O4S. The van der Waals surface area contributed by atoms with E-state index in [9.17, 15) is 14.4 Å². The van der Waals surface area contributed by atoms with E-state index in [1.165, 1.54) is 11.8 Å². The summed E-state index contributed by atoms with van der Waals surface area (Å²) in [5.74, 6) is -0.569. The molecule has 2 aliphatic rings. The van der Waals surface area contributed by atoms with Crippen LogP contribution in [0.15, 0.2) is 47.4 Å². The van der Waals surface area contributed by atoms with Gasteiger partial charge in [0.2, 0.25) is 5.91 Å². The molecule has 0 saturated carbocycles. The molecule has 1 atom stereocenters. The topological polar surface area (TPSA) is 75.7 Å². The number of ether oxygens (including phenoxy) is 1. The van der Waals surface area contributed by atoms with Crippen molar-refractivity contribution >= 4 is 40.9 Å². The van der Waals surface area contributed by atoms with Gasteiger partial charge in [0.1, 0.15) is 0 Å². The Morgan fingerprint density at radius 3 is 2.89 bits per heavy atom. The summed E-state index contributed by atoms with van der Waals surface area (Å²) in [6, 6.07) is 12.7. The average Bonchev–Trinajstić information content (AvgIpc) is 3.10. The predicted octanol–water partition coefficient (Wildman–Crippen LogP) is 2.87. The molecule has 2 aromatic rings. The zero-order valence-electron chi connectivity index (χ0n) is 14.7. The first-order chi connectivity index (χ1) is 13.0. The van der Waals surface area contributed by atoms with Gasteiger partial charge in [0, 0.05) is 17.1 Å². The van der Waals surface area contributed by atoms with E-state index in [0.29, 0.717) is 23.5 Å². The molecule has 4 rings (SSSR count). The number of para-hydroxylation sites is 1. The summed E-state index contributed by atoms with van der Waals surface area (Å²) in [6.07, 6.45) is -0.103. The van der Waals surface area contributed by atoms with Gasteiger partial charge in [-0.3, -0.25) is 9.59 Å². The molecule has 0 bridgehead atoms. The van der Waals surface area contributed by atoms with Gasteiger partial charge in [0.15, 0.2) is 6.10 Å². The fourth-order valence-electron chi connectivity index (χ4n) is 3.28. The van der Waals surface area contributed by atoms with E-state index in [2.05, 4.69) is 5.32 Å². The Hall–Kier alpha value is -2.80. The lowest BCUT2D eigenvalue weighted by atomic mass is 10.2. The van der Waals surface area contributed by atoms with Crippen molar-refractivity contribution in [3.05, 3.63) is 53.6 Å². The number of anilines is 2. The lowest BCUT2D eigenvalue weighted by Crippen LogP contribution is -2.39. The van der Waals surface area contributed by atoms with Crippen LogP contribution in [0.3, 0.4) is 0 Å². The number of hydrogen-bond acceptors (Lipinski definition) is 5. The number of benzene rings is 2. The highest BCUT2D eigenvalue weighted by atomic mass is 32.2. The third-order valence-corrected chi connectivity index (χ3v) is 5.71. The molecule has 0 saturated heterocycles. The Bertz CT molecular complexity index is 943. The van der Waals surface area contributed by atoms with Gasteiger partial charge in [0.05, 0.1) is 17.0 Å². The molecule has 27 heavy (non-hydrogen) atoms. The third-order valence-electron chi connectivity index (χ3n) is 4.63. The van der Waals surface area contributed by atoms with Crippen LogP contribution >= 0.6 is 11.8 Å². The van der Waals surface area contributed by atoms with Crippen LogP contribution in [0.5, 0.6) is 0 Å². The van der Waals surface area contributed by atoms with E-state index in [1.54, 1.807) is 30.0 Å². The molecule has 2 aliphatic heterocycles. The molecule has 138 valence electrons. The molecular weight excluding hydrogens is 364 g/mol. The molecule has 0 aromatic heterocycles. The highest BCUT2D eigenvalue weighted by Crippen LogP contribution is 2.32. The Labute approximate surface area is 160 Å². The molecule has 0 aliphatic carbocycles. The molecule has 0 spiro atoms. The number of hydrogen-bond donors (Lipinski definition) is 1. The second-order valence-corrected chi connectivity index (χ2v) is 7.48. The van der Waals surface area contributed by atoms with Crippen LogP contribution in [-0.4, -0.2) is 36.2 Å². The monoisotopic (exact) mass is 382 g/mol. The van der Waals surface area contributed by atoms with Gasteiger partial charge < -0.3 is 15.0 Å². The Kier molecular flexibility index (Phi) is 4.61. The molecule has 2 aromatic carbocycles. The van der Waals surface area contributed by atoms with Crippen LogP contribution < -0.4 is 10.2 Å². The van der Waals surface area contributed by atoms with Crippen molar-refractivity contribution < 1.29 is 19.1 Å². The van der Waals surface area contributed by atoms with Gasteiger partial charge in [-0.15, -0.1) is 11.8 Å². The Morgan fingerprint density at radius 2 is 2.04 bits per heavy atom. The normalized spacial score (nSPS) is 16.2. The predicted molar refractivity (Wildman–Crippen MR) is 103 cm³/mol. The van der Waals surface area contributed by atoms with E-state index in [-0.39, 0.29) is 11.8 Å². The smallest absolute Gasteiger partial charge is 0.338 e. The number of nitrogens with one attached hydrogen (secondary N) is 1. The number of carbonyl (C=O) groups excluding carboxylic acids is 3. The molecule has 6 nitrogen and oxygen atoms in total. The number of amides is 2. The summed E-state index contributed by atoms with van der Waals surface area (Å²) in [5, 5.41) is 2.74. The minimum atomic E-state index is -0.899. The lowest BCUT2D eigenvalue weighted by Gasteiger charge is -2.22. The molecule has 0 unspecified atom stereocenters. The highest BCUT2D eigenvalue weighted by molar-refractivity contribution is 8.00. The fraction of sp³-hybridized carbons (Fsp3) is 0.250. The summed E-state index contributed by atoms with van der Waals surface area (Å²) >= 11 is 1.42. The molecule has 0 radical (unpaired) electrons. The summed E-state index contributed by atoms with van der Waals surface area (Å²) in [7, 11) is 0. The third kappa shape index (κ3) is 3.42. The average molecular weight is 382 g/mol. The van der Waals surface area contributed by atoms with Crippen molar-refractivity contribution in [1.29, 1.82) is 0 Å². The minimum Gasteiger partial charge on any atom is -0.449 e. The first-order valence-corrected chi connectivity index (χ1v) is 9.68. The Balaban J connectivity index is 1.46. The van der Waals surface area contributed by atoms with E-state index in [0.717, 1.165) is 22.6 Å². The maximum absolute atomic E-state index is 12.7. The van der Waals surface area contributed by atoms with Gasteiger partial charge in [0.25, 0.3) is 5.91 Å². The maximum atomic E-state index is 12.7. The Morgan fingerprint density at radius 1 is 1.22 bits per heavy atom. The second kappa shape index (κ2) is 7.08. The van der Waals surface area contributed by atoms with Crippen LogP contribution in [-0.2, 0) is 20.7 Å². The maximum Gasteiger partial charge on any atom is 0.338 e. The summed E-state index contributed by atoms with van der Waals surface area (Å²) in [6.45, 7) is 2.17. The number of rotatable bonds is 3. The van der Waals surface area contributed by atoms with Crippen molar-refractivity contribution in [1.82, 2.24) is 0 Å². The van der Waals surface area contributed by atoms with Crippen LogP contribution in [0.1, 0.15) is 22.8 Å². The standard InChI is InChI=1S/C20H18N2O4S/c1-12(19(24)22-9-8-13-4-2-3-5-16(13)22)26-20(25)14-6-7-17-15(10-14)21-18(23)11-27-17/h2-7,10,12H,8-9,11H2,1H3,(H,21,23)/t12-/m1/s1. The van der Waals surface area contributed by atoms with Crippen molar-refractivity contribution in [3.8, 4) is 0 Å². The van der Waals surface area contributed by atoms with Crippen molar-refractivity contribution in [2.45, 2.75) is 24.3 Å². The first kappa shape index (κ1) is 17.6. The number of fused-ring (bicyclic) bond motifs is 2. The zero-order chi connectivity index (χ0) is 19.0. The largest absolute Gasteiger partial charge is 0.449 e. The fourth-order valence-corrected chi connectivity index (χ4v) is 4.06. The number of carbonyl (C=O) groups is 3. The van der Waals surface area contributed by atoms with Crippen LogP contribution in [0, 0.1) is 0 Å². The quantitative estimate of drug-likeness (QED) is 0.826. The van der Waals surface area contributed by atoms with Gasteiger partial charge in [-0.05, 0) is 43.2 Å². The van der Waals surface area contributed by atoms with Crippen molar-refractivity contribution in [2.24, 2.45) is 0 Å². The second-order valence-electron chi connectivity index (χ2n) is 6.46. The first-order valence-electron chi connectivity index (χ1n) is 8.70. The molecule has 1 N–H and O–H groups in total. The van der Waals surface area contributed by atoms with Gasteiger partial charge in [-0.1, -0.05) is 18.2 Å². The van der Waals surface area contributed by atoms with Crippen molar-refractivity contribution in [2.75, 3.05) is 22.5 Å². The molecule has 2 amide bonds. The lowest BCUT2D eigenvalue weighted by molar-refractivity contribution is -0.126. The molecule has 2 heterocycles. The zero-order valence-corrected chi connectivity index (χ0v) is 15.5. The number of esters is 1. The van der Waals surface area contributed by atoms with E-state index >= 15 is 0 Å².